The average Bonchev–Trinajstić information content (AvgIpc) is 4.36. The summed E-state index contributed by atoms with van der Waals surface area (Å²) >= 11 is 0. The first-order chi connectivity index (χ1) is 37.3. The number of aliphatic carboxylic acids is 2. The number of imidazole rings is 1. The van der Waals surface area contributed by atoms with Crippen LogP contribution in [-0.2, 0) is 65.6 Å². The van der Waals surface area contributed by atoms with Crippen molar-refractivity contribution in [2.75, 3.05) is 13.1 Å². The van der Waals surface area contributed by atoms with Crippen molar-refractivity contribution in [3.05, 3.63) is 47.5 Å². The first-order valence-electron chi connectivity index (χ1n) is 26.2. The Morgan fingerprint density at radius 3 is 2.14 bits per heavy atom. The summed E-state index contributed by atoms with van der Waals surface area (Å²) in [6.45, 7) is 9.96. The van der Waals surface area contributed by atoms with Gasteiger partial charge < -0.3 is 74.5 Å². The summed E-state index contributed by atoms with van der Waals surface area (Å²) in [4.78, 5) is 162. The SMILES string of the molecule is CC(C)C[C@@H]1NC(=O)[C@@H](NC(=O)[C@@H]2CCC(=O)N2)[C@H](C(C)C)c2ccc3c4c([nH]c3c2)-n2cnc(c2)C[C@@H](C(=O)N[C@@H](CC(=O)O)C(=O)O)NC(=O)CNC(=O)[C@H](CCCN=C(N)N)NC(=O)[C@H](C4)NC(=O)[C@H](C(C)C)NC1=O. The van der Waals surface area contributed by atoms with Crippen LogP contribution in [0.1, 0.15) is 103 Å². The smallest absolute Gasteiger partial charge is 0.326 e. The topological polar surface area (TPSA) is 435 Å². The summed E-state index contributed by atoms with van der Waals surface area (Å²) in [5.74, 6) is -12.1. The number of nitrogens with one attached hydrogen (secondary N) is 10. The molecule has 28 heteroatoms. The van der Waals surface area contributed by atoms with E-state index in [9.17, 15) is 63.0 Å². The van der Waals surface area contributed by atoms with Crippen LogP contribution >= 0.6 is 0 Å². The van der Waals surface area contributed by atoms with Gasteiger partial charge >= 0.3 is 11.9 Å². The Bertz CT molecular complexity index is 2870. The number of carbonyl (C=O) groups excluding carboxylic acids is 9. The normalized spacial score (nSPS) is 23.9. The van der Waals surface area contributed by atoms with E-state index in [1.165, 1.54) is 17.1 Å². The van der Waals surface area contributed by atoms with Crippen molar-refractivity contribution >= 4 is 82.0 Å². The maximum atomic E-state index is 15.0. The third-order valence-electron chi connectivity index (χ3n) is 13.8. The second-order valence-electron chi connectivity index (χ2n) is 21.2. The molecule has 0 spiro atoms. The third-order valence-corrected chi connectivity index (χ3v) is 13.8. The van der Waals surface area contributed by atoms with Gasteiger partial charge in [0.15, 0.2) is 5.96 Å². The Kier molecular flexibility index (Phi) is 19.8. The molecule has 428 valence electrons. The predicted molar refractivity (Wildman–Crippen MR) is 282 cm³/mol. The average molecular weight is 1100 g/mol. The first kappa shape index (κ1) is 59.7. The lowest BCUT2D eigenvalue weighted by Crippen LogP contribution is -2.61. The van der Waals surface area contributed by atoms with Crippen molar-refractivity contribution in [3.8, 4) is 5.82 Å². The number of aromatic nitrogens is 3. The number of H-pyrrole nitrogens is 1. The zero-order chi connectivity index (χ0) is 58.0. The van der Waals surface area contributed by atoms with Crippen LogP contribution in [0.2, 0.25) is 0 Å². The number of aromatic amines is 1. The number of amides is 9. The van der Waals surface area contributed by atoms with Crippen LogP contribution in [0.15, 0.2) is 35.7 Å². The molecule has 0 aliphatic carbocycles. The largest absolute Gasteiger partial charge is 0.481 e. The Morgan fingerprint density at radius 2 is 1.51 bits per heavy atom. The molecule has 9 atom stereocenters. The van der Waals surface area contributed by atoms with Gasteiger partial charge in [-0.2, -0.15) is 0 Å². The fourth-order valence-electron chi connectivity index (χ4n) is 9.90. The number of guanidine groups is 1. The molecule has 9 amide bonds. The molecule has 3 aromatic rings. The number of carbonyl (C=O) groups is 11. The van der Waals surface area contributed by atoms with Gasteiger partial charge in [0.05, 0.1) is 18.7 Å². The van der Waals surface area contributed by atoms with Crippen LogP contribution in [0, 0.1) is 17.8 Å². The van der Waals surface area contributed by atoms with Crippen LogP contribution < -0.4 is 59.3 Å². The van der Waals surface area contributed by atoms with Gasteiger partial charge in [-0.1, -0.05) is 53.7 Å². The molecule has 1 fully saturated rings. The number of benzene rings is 1. The number of hydrogen-bond donors (Lipinski definition) is 14. The van der Waals surface area contributed by atoms with Gasteiger partial charge in [0.1, 0.15) is 60.5 Å². The monoisotopic (exact) mass is 1100 g/mol. The van der Waals surface area contributed by atoms with Crippen LogP contribution in [0.4, 0.5) is 0 Å². The minimum atomic E-state index is -1.90. The summed E-state index contributed by atoms with van der Waals surface area (Å²) in [5, 5.41) is 43.4. The van der Waals surface area contributed by atoms with Crippen molar-refractivity contribution in [2.24, 2.45) is 34.2 Å². The highest BCUT2D eigenvalue weighted by Crippen LogP contribution is 2.35. The number of carboxylic acids is 2. The third kappa shape index (κ3) is 15.6. The molecular weight excluding hydrogens is 1030 g/mol. The Morgan fingerprint density at radius 1 is 0.797 bits per heavy atom. The van der Waals surface area contributed by atoms with Crippen LogP contribution in [0.3, 0.4) is 0 Å². The maximum absolute atomic E-state index is 15.0. The zero-order valence-electron chi connectivity index (χ0n) is 44.8. The maximum Gasteiger partial charge on any atom is 0.326 e. The number of aliphatic imine (C=N–C) groups is 1. The van der Waals surface area contributed by atoms with Crippen molar-refractivity contribution in [1.82, 2.24) is 62.4 Å². The lowest BCUT2D eigenvalue weighted by molar-refractivity contribution is -0.147. The van der Waals surface area contributed by atoms with E-state index in [2.05, 4.69) is 62.8 Å². The van der Waals surface area contributed by atoms with Gasteiger partial charge in [-0.25, -0.2) is 9.78 Å². The number of hydrogen-bond acceptors (Lipinski definition) is 13. The second kappa shape index (κ2) is 26.2. The molecule has 0 unspecified atom stereocenters. The second-order valence-corrected chi connectivity index (χ2v) is 21.2. The molecular formula is C51H71N15O13. The summed E-state index contributed by atoms with van der Waals surface area (Å²) in [6, 6.07) is -6.02. The Labute approximate surface area is 453 Å². The molecule has 0 saturated carbocycles. The summed E-state index contributed by atoms with van der Waals surface area (Å²) in [7, 11) is 0. The lowest BCUT2D eigenvalue weighted by atomic mass is 9.81. The molecule has 1 aromatic carbocycles. The van der Waals surface area contributed by atoms with E-state index in [1.807, 2.05) is 27.7 Å². The van der Waals surface area contributed by atoms with E-state index in [4.69, 9.17) is 11.5 Å². The summed E-state index contributed by atoms with van der Waals surface area (Å²) < 4.78 is 1.51. The van der Waals surface area contributed by atoms with Gasteiger partial charge in [-0.05, 0) is 55.1 Å². The van der Waals surface area contributed by atoms with Crippen molar-refractivity contribution in [2.45, 2.75) is 147 Å². The Hall–Kier alpha value is -8.59. The molecule has 1 saturated heterocycles. The summed E-state index contributed by atoms with van der Waals surface area (Å²) in [6.07, 6.45) is 1.53. The van der Waals surface area contributed by atoms with E-state index in [-0.39, 0.29) is 80.3 Å². The van der Waals surface area contributed by atoms with E-state index < -0.39 is 139 Å². The fourth-order valence-corrected chi connectivity index (χ4v) is 9.90. The van der Waals surface area contributed by atoms with Crippen LogP contribution in [-0.4, -0.2) is 157 Å². The number of nitrogens with two attached hydrogens (primary N) is 2. The molecule has 6 heterocycles. The minimum absolute atomic E-state index is 0.0175. The number of carboxylic acid groups (broad SMARTS) is 2. The molecule has 28 nitrogen and oxygen atoms in total. The first-order valence-corrected chi connectivity index (χ1v) is 26.2. The lowest BCUT2D eigenvalue weighted by Gasteiger charge is -2.33. The van der Waals surface area contributed by atoms with Gasteiger partial charge in [-0.15, -0.1) is 0 Å². The fraction of sp³-hybridized carbons (Fsp3) is 0.549. The van der Waals surface area contributed by atoms with Crippen molar-refractivity contribution in [1.29, 1.82) is 0 Å². The van der Waals surface area contributed by atoms with Gasteiger partial charge in [0.2, 0.25) is 53.2 Å². The molecule has 4 aliphatic heterocycles. The number of fused-ring (bicyclic) bond motifs is 13. The quantitative estimate of drug-likeness (QED) is 0.0319. The van der Waals surface area contributed by atoms with E-state index in [0.29, 0.717) is 22.0 Å². The summed E-state index contributed by atoms with van der Waals surface area (Å²) in [5.41, 5.74) is 12.6. The van der Waals surface area contributed by atoms with Gasteiger partial charge in [0.25, 0.3) is 0 Å². The number of rotatable bonds is 15. The Balaban J connectivity index is 1.57. The van der Waals surface area contributed by atoms with Gasteiger partial charge in [-0.3, -0.25) is 57.5 Å². The minimum Gasteiger partial charge on any atom is -0.481 e. The molecule has 79 heavy (non-hydrogen) atoms. The molecule has 0 radical (unpaired) electrons. The highest BCUT2D eigenvalue weighted by molar-refractivity contribution is 6.00. The molecule has 4 aliphatic rings. The number of nitrogens with zero attached hydrogens (tertiary/aromatic N) is 3. The zero-order valence-corrected chi connectivity index (χ0v) is 44.8. The van der Waals surface area contributed by atoms with E-state index in [1.54, 1.807) is 32.0 Å². The highest BCUT2D eigenvalue weighted by atomic mass is 16.4. The predicted octanol–water partition coefficient (Wildman–Crippen LogP) is -2.69. The molecule has 7 bridgehead atoms. The highest BCUT2D eigenvalue weighted by Gasteiger charge is 2.41. The molecule has 7 rings (SSSR count). The van der Waals surface area contributed by atoms with Crippen LogP contribution in [0.5, 0.6) is 0 Å². The van der Waals surface area contributed by atoms with E-state index in [0.717, 1.165) is 0 Å². The molecule has 16 N–H and O–H groups in total. The molecule has 2 aromatic heterocycles. The van der Waals surface area contributed by atoms with E-state index >= 15 is 0 Å². The van der Waals surface area contributed by atoms with Crippen molar-refractivity contribution in [3.63, 3.8) is 0 Å². The van der Waals surface area contributed by atoms with Crippen LogP contribution in [0.25, 0.3) is 16.7 Å². The van der Waals surface area contributed by atoms with Crippen molar-refractivity contribution < 1.29 is 63.0 Å². The van der Waals surface area contributed by atoms with Gasteiger partial charge in [0, 0.05) is 54.4 Å². The standard InChI is InChI=1S/C51H71N15O13/c1-22(2)14-32-47(75)64-40(24(5)6)48(76)62-34-17-28-27-10-9-25(39(23(3)4)41(49(77)61-32)65-44(72)30-11-12-36(67)57-30)15-31(27)59-42(28)66-20-26(56-21-66)16-33(45(73)63-35(50(78)79)18-38(69)70)58-37(68)19-55-43(71)29(60-46(34)74)8-7-13-54-51(52)53/h9-10,15,20-24,29-30,32-35,39-41,59H,7-8,11-14,16-19H2,1-6H3,(H,55,71)(H,57,67)(H,58,68)(H,60,74)(H,61,77)(H,62,76)(H,63,73)(H,64,75)(H,65,72)(H,69,70)(H,78,79)(H4,52,53,54)/t29-,30-,32-,33-,34-,35-,39+,40-,41-/m0/s1.